The molecule has 1 aliphatic rings. The summed E-state index contributed by atoms with van der Waals surface area (Å²) in [4.78, 5) is 7.91. The third kappa shape index (κ3) is 2.13. The summed E-state index contributed by atoms with van der Waals surface area (Å²) >= 11 is 5.64. The molecule has 0 saturated heterocycles. The molecule has 0 amide bonds. The minimum absolute atomic E-state index is 0.227. The topological polar surface area (TPSA) is 61.0 Å². The minimum Gasteiger partial charge on any atom is -0.460 e. The molecular formula is C9H12ClN3O. The zero-order chi connectivity index (χ0) is 9.97. The van der Waals surface area contributed by atoms with Crippen LogP contribution in [0.25, 0.3) is 0 Å². The van der Waals surface area contributed by atoms with E-state index < -0.39 is 0 Å². The fourth-order valence-corrected chi connectivity index (χ4v) is 1.57. The van der Waals surface area contributed by atoms with Gasteiger partial charge in [-0.25, -0.2) is 9.97 Å². The fraction of sp³-hybridized carbons (Fsp3) is 0.556. The molecule has 0 radical (unpaired) electrons. The second-order valence-electron chi connectivity index (χ2n) is 3.50. The molecule has 1 aromatic rings. The first kappa shape index (κ1) is 9.68. The van der Waals surface area contributed by atoms with Gasteiger partial charge in [-0.3, -0.25) is 0 Å². The molecule has 1 aromatic heterocycles. The van der Waals surface area contributed by atoms with Gasteiger partial charge in [0.2, 0.25) is 0 Å². The van der Waals surface area contributed by atoms with Crippen LogP contribution in [0.2, 0.25) is 5.02 Å². The average molecular weight is 214 g/mol. The van der Waals surface area contributed by atoms with Gasteiger partial charge in [-0.05, 0) is 25.3 Å². The summed E-state index contributed by atoms with van der Waals surface area (Å²) in [6.07, 6.45) is 5.29. The highest BCUT2D eigenvalue weighted by Crippen LogP contribution is 2.29. The van der Waals surface area contributed by atoms with E-state index in [9.17, 15) is 0 Å². The molecule has 76 valence electrons. The maximum atomic E-state index is 5.64. The lowest BCUT2D eigenvalue weighted by Crippen LogP contribution is -2.38. The summed E-state index contributed by atoms with van der Waals surface area (Å²) in [5, 5.41) is 0.519. The molecule has 1 heterocycles. The number of hydrogen-bond donors (Lipinski definition) is 1. The van der Waals surface area contributed by atoms with E-state index in [1.54, 1.807) is 0 Å². The molecule has 1 fully saturated rings. The number of aromatic nitrogens is 2. The fourth-order valence-electron chi connectivity index (χ4n) is 1.47. The maximum Gasteiger partial charge on any atom is 0.316 e. The van der Waals surface area contributed by atoms with Gasteiger partial charge in [-0.1, -0.05) is 11.6 Å². The van der Waals surface area contributed by atoms with Crippen molar-refractivity contribution in [3.05, 3.63) is 17.4 Å². The van der Waals surface area contributed by atoms with Crippen LogP contribution in [0.3, 0.4) is 0 Å². The molecule has 2 rings (SSSR count). The van der Waals surface area contributed by atoms with Gasteiger partial charge in [0, 0.05) is 0 Å². The number of ether oxygens (including phenoxy) is 1. The lowest BCUT2D eigenvalue weighted by atomic mass is 9.82. The average Bonchev–Trinajstić information content (AvgIpc) is 2.13. The predicted octanol–water partition coefficient (Wildman–Crippen LogP) is 1.25. The Morgan fingerprint density at radius 2 is 2.07 bits per heavy atom. The van der Waals surface area contributed by atoms with Gasteiger partial charge >= 0.3 is 6.01 Å². The van der Waals surface area contributed by atoms with E-state index in [4.69, 9.17) is 22.1 Å². The van der Waals surface area contributed by atoms with E-state index >= 15 is 0 Å². The Morgan fingerprint density at radius 3 is 2.64 bits per heavy atom. The Morgan fingerprint density at radius 1 is 1.43 bits per heavy atom. The number of rotatable bonds is 3. The Balaban J connectivity index is 1.84. The Hall–Kier alpha value is -0.870. The molecule has 0 bridgehead atoms. The third-order valence-electron chi connectivity index (χ3n) is 2.39. The molecule has 0 aromatic carbocycles. The van der Waals surface area contributed by atoms with Crippen molar-refractivity contribution in [3.8, 4) is 6.01 Å². The summed E-state index contributed by atoms with van der Waals surface area (Å²) in [6, 6.07) is 0.398. The Bertz CT molecular complexity index is 297. The molecule has 4 nitrogen and oxygen atoms in total. The summed E-state index contributed by atoms with van der Waals surface area (Å²) in [5.74, 6) is 0.604. The van der Waals surface area contributed by atoms with Gasteiger partial charge in [0.25, 0.3) is 0 Å². The first-order valence-corrected chi connectivity index (χ1v) is 5.00. The van der Waals surface area contributed by atoms with E-state index in [1.807, 2.05) is 0 Å². The molecule has 0 aliphatic heterocycles. The first-order valence-electron chi connectivity index (χ1n) is 4.62. The molecule has 0 unspecified atom stereocenters. The molecular weight excluding hydrogens is 202 g/mol. The minimum atomic E-state index is 0.227. The molecule has 1 saturated carbocycles. The highest BCUT2D eigenvalue weighted by atomic mass is 35.5. The molecule has 14 heavy (non-hydrogen) atoms. The van der Waals surface area contributed by atoms with Gasteiger partial charge in [-0.2, -0.15) is 0 Å². The van der Waals surface area contributed by atoms with Crippen LogP contribution in [0.5, 0.6) is 6.01 Å². The lowest BCUT2D eigenvalue weighted by molar-refractivity contribution is 0.0603. The molecule has 1 aliphatic carbocycles. The monoisotopic (exact) mass is 213 g/mol. The SMILES string of the molecule is NCC1CC(Oc2ncc(Cl)cn2)C1. The quantitative estimate of drug-likeness (QED) is 0.821. The number of nitrogens with two attached hydrogens (primary N) is 1. The normalized spacial score (nSPS) is 25.6. The van der Waals surface area contributed by atoms with Gasteiger partial charge < -0.3 is 10.5 Å². The Labute approximate surface area is 87.4 Å². The smallest absolute Gasteiger partial charge is 0.316 e. The van der Waals surface area contributed by atoms with Crippen molar-refractivity contribution < 1.29 is 4.74 Å². The van der Waals surface area contributed by atoms with Gasteiger partial charge in [0.05, 0.1) is 17.4 Å². The van der Waals surface area contributed by atoms with Crippen molar-refractivity contribution in [1.82, 2.24) is 9.97 Å². The molecule has 0 spiro atoms. The number of hydrogen-bond acceptors (Lipinski definition) is 4. The zero-order valence-electron chi connectivity index (χ0n) is 7.69. The third-order valence-corrected chi connectivity index (χ3v) is 2.59. The van der Waals surface area contributed by atoms with Gasteiger partial charge in [0.1, 0.15) is 6.10 Å². The van der Waals surface area contributed by atoms with E-state index in [0.29, 0.717) is 17.0 Å². The molecule has 5 heteroatoms. The first-order chi connectivity index (χ1) is 6.78. The number of halogens is 1. The van der Waals surface area contributed by atoms with Crippen LogP contribution < -0.4 is 10.5 Å². The summed E-state index contributed by atoms with van der Waals surface area (Å²) in [7, 11) is 0. The van der Waals surface area contributed by atoms with E-state index in [1.165, 1.54) is 12.4 Å². The van der Waals surface area contributed by atoms with Crippen molar-refractivity contribution in [2.24, 2.45) is 11.7 Å². The lowest BCUT2D eigenvalue weighted by Gasteiger charge is -2.33. The van der Waals surface area contributed by atoms with Crippen LogP contribution in [0.15, 0.2) is 12.4 Å². The van der Waals surface area contributed by atoms with Crippen LogP contribution in [0, 0.1) is 5.92 Å². The predicted molar refractivity (Wildman–Crippen MR) is 53.2 cm³/mol. The van der Waals surface area contributed by atoms with Crippen molar-refractivity contribution in [2.75, 3.05) is 6.54 Å². The van der Waals surface area contributed by atoms with Crippen molar-refractivity contribution in [2.45, 2.75) is 18.9 Å². The zero-order valence-corrected chi connectivity index (χ0v) is 8.44. The van der Waals surface area contributed by atoms with Crippen molar-refractivity contribution in [3.63, 3.8) is 0 Å². The van der Waals surface area contributed by atoms with Crippen LogP contribution in [-0.2, 0) is 0 Å². The second kappa shape index (κ2) is 4.11. The van der Waals surface area contributed by atoms with Gasteiger partial charge in [0.15, 0.2) is 0 Å². The largest absolute Gasteiger partial charge is 0.460 e. The van der Waals surface area contributed by atoms with E-state index in [2.05, 4.69) is 9.97 Å². The van der Waals surface area contributed by atoms with E-state index in [-0.39, 0.29) is 6.10 Å². The molecule has 0 atom stereocenters. The van der Waals surface area contributed by atoms with Gasteiger partial charge in [-0.15, -0.1) is 0 Å². The van der Waals surface area contributed by atoms with Crippen molar-refractivity contribution in [1.29, 1.82) is 0 Å². The molecule has 2 N–H and O–H groups in total. The number of nitrogens with zero attached hydrogens (tertiary/aromatic N) is 2. The maximum absolute atomic E-state index is 5.64. The summed E-state index contributed by atoms with van der Waals surface area (Å²) < 4.78 is 5.50. The van der Waals surface area contributed by atoms with Crippen LogP contribution in [-0.4, -0.2) is 22.6 Å². The van der Waals surface area contributed by atoms with E-state index in [0.717, 1.165) is 19.4 Å². The van der Waals surface area contributed by atoms with Crippen LogP contribution in [0.4, 0.5) is 0 Å². The second-order valence-corrected chi connectivity index (χ2v) is 3.93. The standard InChI is InChI=1S/C9H12ClN3O/c10-7-4-12-9(13-5-7)14-8-1-6(2-8)3-11/h4-6,8H,1-3,11H2. The summed E-state index contributed by atoms with van der Waals surface area (Å²) in [5.41, 5.74) is 5.51. The van der Waals surface area contributed by atoms with Crippen molar-refractivity contribution >= 4 is 11.6 Å². The van der Waals surface area contributed by atoms with Crippen LogP contribution >= 0.6 is 11.6 Å². The van der Waals surface area contributed by atoms with Crippen LogP contribution in [0.1, 0.15) is 12.8 Å². The highest BCUT2D eigenvalue weighted by Gasteiger charge is 2.30. The summed E-state index contributed by atoms with van der Waals surface area (Å²) in [6.45, 7) is 0.737. The highest BCUT2D eigenvalue weighted by molar-refractivity contribution is 6.30. The Kier molecular flexibility index (Phi) is 2.84.